The third-order valence-corrected chi connectivity index (χ3v) is 3.89. The van der Waals surface area contributed by atoms with Gasteiger partial charge in [-0.3, -0.25) is 9.78 Å². The molecule has 0 bridgehead atoms. The monoisotopic (exact) mass is 315 g/mol. The molecule has 5 nitrogen and oxygen atoms in total. The number of ether oxygens (including phenoxy) is 1. The van der Waals surface area contributed by atoms with Gasteiger partial charge in [0.1, 0.15) is 17.1 Å². The molecule has 0 spiro atoms. The van der Waals surface area contributed by atoms with Crippen LogP contribution < -0.4 is 10.1 Å². The Morgan fingerprint density at radius 2 is 2.09 bits per heavy atom. The van der Waals surface area contributed by atoms with E-state index in [9.17, 15) is 4.79 Å². The van der Waals surface area contributed by atoms with Gasteiger partial charge in [0, 0.05) is 30.2 Å². The summed E-state index contributed by atoms with van der Waals surface area (Å²) in [4.78, 5) is 16.6. The van der Waals surface area contributed by atoms with E-state index in [1.165, 1.54) is 13.3 Å². The molecule has 0 aliphatic rings. The molecule has 0 saturated heterocycles. The number of anilines is 1. The van der Waals surface area contributed by atoms with Crippen LogP contribution in [0.2, 0.25) is 5.02 Å². The second kappa shape index (κ2) is 5.69. The lowest BCUT2D eigenvalue weighted by molar-refractivity contribution is 0.101. The smallest absolute Gasteiger partial charge is 0.274 e. The summed E-state index contributed by atoms with van der Waals surface area (Å²) in [5.74, 6) is 0.230. The largest absolute Gasteiger partial charge is 0.494 e. The number of benzene rings is 1. The van der Waals surface area contributed by atoms with Crippen molar-refractivity contribution in [3.63, 3.8) is 0 Å². The zero-order valence-electron chi connectivity index (χ0n) is 12.1. The third-order valence-electron chi connectivity index (χ3n) is 3.51. The van der Waals surface area contributed by atoms with Crippen LogP contribution in [0.3, 0.4) is 0 Å². The Hall–Kier alpha value is -2.53. The van der Waals surface area contributed by atoms with E-state index in [2.05, 4.69) is 10.3 Å². The molecular weight excluding hydrogens is 302 g/mol. The number of para-hydroxylation sites is 1. The minimum atomic E-state index is -0.310. The van der Waals surface area contributed by atoms with Gasteiger partial charge in [0.05, 0.1) is 18.3 Å². The molecule has 3 rings (SSSR count). The van der Waals surface area contributed by atoms with Crippen molar-refractivity contribution in [2.75, 3.05) is 12.4 Å². The van der Waals surface area contributed by atoms with E-state index in [1.54, 1.807) is 16.8 Å². The van der Waals surface area contributed by atoms with E-state index in [0.29, 0.717) is 22.2 Å². The van der Waals surface area contributed by atoms with Gasteiger partial charge in [-0.15, -0.1) is 0 Å². The van der Waals surface area contributed by atoms with Crippen molar-refractivity contribution in [3.05, 3.63) is 53.4 Å². The first-order valence-corrected chi connectivity index (χ1v) is 7.03. The zero-order valence-corrected chi connectivity index (χ0v) is 12.9. The van der Waals surface area contributed by atoms with Crippen molar-refractivity contribution in [2.45, 2.75) is 0 Å². The van der Waals surface area contributed by atoms with E-state index in [-0.39, 0.29) is 5.91 Å². The Balaban J connectivity index is 2.03. The summed E-state index contributed by atoms with van der Waals surface area (Å²) < 4.78 is 6.98. The van der Waals surface area contributed by atoms with Crippen molar-refractivity contribution in [1.29, 1.82) is 0 Å². The van der Waals surface area contributed by atoms with Crippen LogP contribution in [-0.4, -0.2) is 22.6 Å². The molecule has 1 amide bonds. The van der Waals surface area contributed by atoms with E-state index in [1.807, 2.05) is 31.3 Å². The summed E-state index contributed by atoms with van der Waals surface area (Å²) in [6.45, 7) is 0. The summed E-state index contributed by atoms with van der Waals surface area (Å²) in [6, 6.07) is 9.28. The van der Waals surface area contributed by atoms with Gasteiger partial charge in [0.2, 0.25) is 0 Å². The molecule has 6 heteroatoms. The average molecular weight is 316 g/mol. The number of rotatable bonds is 3. The van der Waals surface area contributed by atoms with Crippen molar-refractivity contribution in [2.24, 2.45) is 7.05 Å². The van der Waals surface area contributed by atoms with Crippen LogP contribution in [0.25, 0.3) is 10.9 Å². The van der Waals surface area contributed by atoms with Crippen LogP contribution in [0, 0.1) is 0 Å². The molecule has 0 unspecified atom stereocenters. The highest BCUT2D eigenvalue weighted by Crippen LogP contribution is 2.31. The van der Waals surface area contributed by atoms with Gasteiger partial charge >= 0.3 is 0 Å². The normalized spacial score (nSPS) is 10.7. The van der Waals surface area contributed by atoms with Gasteiger partial charge in [-0.25, -0.2) is 0 Å². The summed E-state index contributed by atoms with van der Waals surface area (Å²) in [6.07, 6.45) is 3.13. The van der Waals surface area contributed by atoms with Crippen LogP contribution in [0.15, 0.2) is 42.7 Å². The predicted molar refractivity (Wildman–Crippen MR) is 86.7 cm³/mol. The molecule has 0 aliphatic carbocycles. The Kier molecular flexibility index (Phi) is 3.73. The molecule has 1 aromatic carbocycles. The quantitative estimate of drug-likeness (QED) is 0.805. The lowest BCUT2D eigenvalue weighted by atomic mass is 10.2. The molecule has 22 heavy (non-hydrogen) atoms. The number of aromatic nitrogens is 2. The maximum Gasteiger partial charge on any atom is 0.274 e. The minimum absolute atomic E-state index is 0.310. The summed E-state index contributed by atoms with van der Waals surface area (Å²) in [7, 11) is 3.35. The van der Waals surface area contributed by atoms with Crippen molar-refractivity contribution >= 4 is 34.1 Å². The molecule has 0 radical (unpaired) electrons. The topological polar surface area (TPSA) is 56.1 Å². The molecule has 0 atom stereocenters. The van der Waals surface area contributed by atoms with Crippen molar-refractivity contribution in [1.82, 2.24) is 9.55 Å². The molecule has 2 aromatic heterocycles. The molecular formula is C16H14ClN3O2. The van der Waals surface area contributed by atoms with Gasteiger partial charge in [0.15, 0.2) is 0 Å². The highest BCUT2D eigenvalue weighted by molar-refractivity contribution is 6.39. The van der Waals surface area contributed by atoms with Crippen molar-refractivity contribution in [3.8, 4) is 5.75 Å². The number of amides is 1. The summed E-state index contributed by atoms with van der Waals surface area (Å²) in [5, 5.41) is 4.06. The first kappa shape index (κ1) is 14.4. The highest BCUT2D eigenvalue weighted by atomic mass is 35.5. The lowest BCUT2D eigenvalue weighted by Gasteiger charge is -2.10. The number of halogens is 1. The number of methoxy groups -OCH3 is 1. The molecule has 2 heterocycles. The Bertz CT molecular complexity index is 819. The number of hydrogen-bond acceptors (Lipinski definition) is 3. The van der Waals surface area contributed by atoms with Crippen LogP contribution in [0.1, 0.15) is 10.5 Å². The minimum Gasteiger partial charge on any atom is -0.494 e. The summed E-state index contributed by atoms with van der Waals surface area (Å²) >= 11 is 6.37. The number of aryl methyl sites for hydroxylation is 1. The van der Waals surface area contributed by atoms with Gasteiger partial charge < -0.3 is 14.6 Å². The fourth-order valence-electron chi connectivity index (χ4n) is 2.43. The number of nitrogens with zero attached hydrogens (tertiary/aromatic N) is 2. The number of carbonyl (C=O) groups excluding carboxylic acids is 1. The Morgan fingerprint density at radius 3 is 2.82 bits per heavy atom. The first-order valence-electron chi connectivity index (χ1n) is 6.65. The van der Waals surface area contributed by atoms with E-state index < -0.39 is 0 Å². The number of carbonyl (C=O) groups is 1. The SMILES string of the molecule is COc1ccncc1NC(=O)c1c(Cl)c2ccccc2n1C. The second-order valence-corrected chi connectivity index (χ2v) is 5.15. The molecule has 0 fully saturated rings. The number of fused-ring (bicyclic) bond motifs is 1. The lowest BCUT2D eigenvalue weighted by Crippen LogP contribution is -2.16. The van der Waals surface area contributed by atoms with E-state index >= 15 is 0 Å². The van der Waals surface area contributed by atoms with Crippen molar-refractivity contribution < 1.29 is 9.53 Å². The average Bonchev–Trinajstić information content (AvgIpc) is 2.80. The number of nitrogens with one attached hydrogen (secondary N) is 1. The predicted octanol–water partition coefficient (Wildman–Crippen LogP) is 3.49. The standard InChI is InChI=1S/C16H14ClN3O2/c1-20-12-6-4-3-5-10(12)14(17)15(20)16(21)19-11-9-18-8-7-13(11)22-2/h3-9H,1-2H3,(H,19,21). The molecule has 0 aliphatic heterocycles. The Labute approximate surface area is 132 Å². The molecule has 1 N–H and O–H groups in total. The van der Waals surface area contributed by atoms with Crippen LogP contribution >= 0.6 is 11.6 Å². The fourth-order valence-corrected chi connectivity index (χ4v) is 2.81. The third kappa shape index (κ3) is 2.29. The first-order chi connectivity index (χ1) is 10.6. The molecule has 0 saturated carbocycles. The van der Waals surface area contributed by atoms with E-state index in [0.717, 1.165) is 10.9 Å². The second-order valence-electron chi connectivity index (χ2n) is 4.77. The maximum atomic E-state index is 12.6. The van der Waals surface area contributed by atoms with Crippen LogP contribution in [0.5, 0.6) is 5.75 Å². The Morgan fingerprint density at radius 1 is 1.32 bits per heavy atom. The van der Waals surface area contributed by atoms with E-state index in [4.69, 9.17) is 16.3 Å². The molecule has 3 aromatic rings. The van der Waals surface area contributed by atoms with Crippen LogP contribution in [0.4, 0.5) is 5.69 Å². The van der Waals surface area contributed by atoms with Gasteiger partial charge in [0.25, 0.3) is 5.91 Å². The fraction of sp³-hybridized carbons (Fsp3) is 0.125. The maximum absolute atomic E-state index is 12.6. The molecule has 112 valence electrons. The van der Waals surface area contributed by atoms with Gasteiger partial charge in [-0.05, 0) is 6.07 Å². The number of pyridine rings is 1. The van der Waals surface area contributed by atoms with Crippen LogP contribution in [-0.2, 0) is 7.05 Å². The number of hydrogen-bond donors (Lipinski definition) is 1. The van der Waals surface area contributed by atoms with Gasteiger partial charge in [-0.1, -0.05) is 29.8 Å². The zero-order chi connectivity index (χ0) is 15.7. The highest BCUT2D eigenvalue weighted by Gasteiger charge is 2.20. The van der Waals surface area contributed by atoms with Gasteiger partial charge in [-0.2, -0.15) is 0 Å². The summed E-state index contributed by atoms with van der Waals surface area (Å²) in [5.41, 5.74) is 1.79.